The van der Waals surface area contributed by atoms with Gasteiger partial charge in [-0.3, -0.25) is 9.10 Å². The maximum atomic E-state index is 12.1. The molecular formula is C17H17Cl2N3O3S. The fourth-order valence-corrected chi connectivity index (χ4v) is 3.41. The Hall–Kier alpha value is -2.09. The molecule has 2 rings (SSSR count). The minimum Gasteiger partial charge on any atom is -0.271 e. The standard InChI is InChI=1S/C17H17Cl2N3O3S/c1-12-7-8-14(18)9-16(12)22(26(2,24)25)11-17(23)21-20-10-13-5-3-4-6-15(13)19/h3-10H,11H2,1-2H3,(H,21,23)/b20-10-. The Labute approximate surface area is 162 Å². The SMILES string of the molecule is Cc1ccc(Cl)cc1N(CC(=O)N/N=C\c1ccccc1Cl)S(C)(=O)=O. The van der Waals surface area contributed by atoms with Crippen LogP contribution in [0, 0.1) is 6.92 Å². The predicted molar refractivity (Wildman–Crippen MR) is 106 cm³/mol. The van der Waals surface area contributed by atoms with Gasteiger partial charge in [-0.2, -0.15) is 5.10 Å². The van der Waals surface area contributed by atoms with E-state index in [9.17, 15) is 13.2 Å². The van der Waals surface area contributed by atoms with Gasteiger partial charge < -0.3 is 0 Å². The minimum atomic E-state index is -3.70. The van der Waals surface area contributed by atoms with Gasteiger partial charge in [-0.05, 0) is 30.7 Å². The molecule has 0 saturated carbocycles. The molecule has 0 saturated heterocycles. The van der Waals surface area contributed by atoms with E-state index >= 15 is 0 Å². The van der Waals surface area contributed by atoms with Gasteiger partial charge in [0.25, 0.3) is 5.91 Å². The van der Waals surface area contributed by atoms with Gasteiger partial charge in [0.05, 0.1) is 18.2 Å². The summed E-state index contributed by atoms with van der Waals surface area (Å²) in [7, 11) is -3.70. The van der Waals surface area contributed by atoms with Crippen molar-refractivity contribution < 1.29 is 13.2 Å². The van der Waals surface area contributed by atoms with Crippen molar-refractivity contribution in [3.63, 3.8) is 0 Å². The van der Waals surface area contributed by atoms with Crippen LogP contribution in [0.1, 0.15) is 11.1 Å². The lowest BCUT2D eigenvalue weighted by Crippen LogP contribution is -2.39. The summed E-state index contributed by atoms with van der Waals surface area (Å²) in [4.78, 5) is 12.1. The summed E-state index contributed by atoms with van der Waals surface area (Å²) in [5.74, 6) is -0.599. The molecule has 0 unspecified atom stereocenters. The van der Waals surface area contributed by atoms with Gasteiger partial charge in [-0.25, -0.2) is 13.8 Å². The Morgan fingerprint density at radius 3 is 2.58 bits per heavy atom. The van der Waals surface area contributed by atoms with Crippen LogP contribution < -0.4 is 9.73 Å². The molecule has 0 aliphatic heterocycles. The topological polar surface area (TPSA) is 78.8 Å². The van der Waals surface area contributed by atoms with E-state index in [2.05, 4.69) is 10.5 Å². The number of anilines is 1. The van der Waals surface area contributed by atoms with Crippen LogP contribution >= 0.6 is 23.2 Å². The quantitative estimate of drug-likeness (QED) is 0.583. The van der Waals surface area contributed by atoms with E-state index in [0.29, 0.717) is 26.9 Å². The molecule has 0 bridgehead atoms. The Morgan fingerprint density at radius 1 is 1.23 bits per heavy atom. The number of carbonyl (C=O) groups excluding carboxylic acids is 1. The molecule has 2 aromatic carbocycles. The van der Waals surface area contributed by atoms with E-state index in [1.165, 1.54) is 12.3 Å². The number of hydrogen-bond donors (Lipinski definition) is 1. The number of nitrogens with zero attached hydrogens (tertiary/aromatic N) is 2. The lowest BCUT2D eigenvalue weighted by atomic mass is 10.2. The minimum absolute atomic E-state index is 0.338. The monoisotopic (exact) mass is 413 g/mol. The molecule has 0 heterocycles. The molecule has 0 spiro atoms. The highest BCUT2D eigenvalue weighted by atomic mass is 35.5. The zero-order valence-electron chi connectivity index (χ0n) is 14.1. The van der Waals surface area contributed by atoms with E-state index in [4.69, 9.17) is 23.2 Å². The van der Waals surface area contributed by atoms with Crippen molar-refractivity contribution in [1.82, 2.24) is 5.43 Å². The molecule has 0 aliphatic rings. The Bertz CT molecular complexity index is 946. The van der Waals surface area contributed by atoms with Crippen molar-refractivity contribution in [3.8, 4) is 0 Å². The first-order valence-electron chi connectivity index (χ1n) is 7.49. The molecular weight excluding hydrogens is 397 g/mol. The number of halogens is 2. The molecule has 1 N–H and O–H groups in total. The van der Waals surface area contributed by atoms with E-state index in [1.807, 2.05) is 0 Å². The maximum Gasteiger partial charge on any atom is 0.260 e. The molecule has 26 heavy (non-hydrogen) atoms. The van der Waals surface area contributed by atoms with Gasteiger partial charge in [0.15, 0.2) is 0 Å². The van der Waals surface area contributed by atoms with Crippen LogP contribution in [0.4, 0.5) is 5.69 Å². The van der Waals surface area contributed by atoms with Gasteiger partial charge in [0, 0.05) is 15.6 Å². The zero-order chi connectivity index (χ0) is 19.3. The number of amides is 1. The van der Waals surface area contributed by atoms with Crippen molar-refractivity contribution in [1.29, 1.82) is 0 Å². The summed E-state index contributed by atoms with van der Waals surface area (Å²) in [6, 6.07) is 11.8. The van der Waals surface area contributed by atoms with Crippen LogP contribution in [0.25, 0.3) is 0 Å². The number of hydrazone groups is 1. The molecule has 6 nitrogen and oxygen atoms in total. The molecule has 0 aliphatic carbocycles. The van der Waals surface area contributed by atoms with Gasteiger partial charge in [-0.15, -0.1) is 0 Å². The Balaban J connectivity index is 2.15. The lowest BCUT2D eigenvalue weighted by Gasteiger charge is -2.23. The van der Waals surface area contributed by atoms with Crippen molar-refractivity contribution in [2.24, 2.45) is 5.10 Å². The summed E-state index contributed by atoms with van der Waals surface area (Å²) in [5, 5.41) is 4.67. The molecule has 9 heteroatoms. The Morgan fingerprint density at radius 2 is 1.92 bits per heavy atom. The van der Waals surface area contributed by atoms with Crippen molar-refractivity contribution in [2.75, 3.05) is 17.1 Å². The third kappa shape index (κ3) is 5.45. The van der Waals surface area contributed by atoms with E-state index in [0.717, 1.165) is 10.6 Å². The van der Waals surface area contributed by atoms with Crippen LogP contribution in [0.15, 0.2) is 47.6 Å². The first-order chi connectivity index (χ1) is 12.2. The molecule has 0 fully saturated rings. The smallest absolute Gasteiger partial charge is 0.260 e. The number of nitrogens with one attached hydrogen (secondary N) is 1. The third-order valence-corrected chi connectivity index (χ3v) is 5.13. The van der Waals surface area contributed by atoms with Gasteiger partial charge in [-0.1, -0.05) is 47.5 Å². The molecule has 0 radical (unpaired) electrons. The second-order valence-corrected chi connectivity index (χ2v) is 8.27. The molecule has 0 aromatic heterocycles. The van der Waals surface area contributed by atoms with Crippen molar-refractivity contribution in [2.45, 2.75) is 6.92 Å². The number of hydrogen-bond acceptors (Lipinski definition) is 4. The van der Waals surface area contributed by atoms with Gasteiger partial charge in [0.2, 0.25) is 10.0 Å². The van der Waals surface area contributed by atoms with E-state index in [-0.39, 0.29) is 0 Å². The molecule has 2 aromatic rings. The molecule has 138 valence electrons. The average molecular weight is 414 g/mol. The van der Waals surface area contributed by atoms with Gasteiger partial charge in [0.1, 0.15) is 6.54 Å². The molecule has 1 amide bonds. The summed E-state index contributed by atoms with van der Waals surface area (Å²) in [6.07, 6.45) is 2.41. The largest absolute Gasteiger partial charge is 0.271 e. The van der Waals surface area contributed by atoms with Crippen LogP contribution in [0.5, 0.6) is 0 Å². The van der Waals surface area contributed by atoms with Crippen LogP contribution in [-0.4, -0.2) is 33.3 Å². The second kappa shape index (κ2) is 8.53. The fraction of sp³-hybridized carbons (Fsp3) is 0.176. The average Bonchev–Trinajstić information content (AvgIpc) is 2.56. The van der Waals surface area contributed by atoms with Crippen LogP contribution in [0.3, 0.4) is 0 Å². The van der Waals surface area contributed by atoms with Gasteiger partial charge >= 0.3 is 0 Å². The first-order valence-corrected chi connectivity index (χ1v) is 10.1. The van der Waals surface area contributed by atoms with E-state index < -0.39 is 22.5 Å². The second-order valence-electron chi connectivity index (χ2n) is 5.52. The number of carbonyl (C=O) groups is 1. The number of aryl methyl sites for hydroxylation is 1. The van der Waals surface area contributed by atoms with Crippen LogP contribution in [-0.2, 0) is 14.8 Å². The highest BCUT2D eigenvalue weighted by Crippen LogP contribution is 2.26. The Kier molecular flexibility index (Phi) is 6.63. The number of rotatable bonds is 6. The number of benzene rings is 2. The molecule has 0 atom stereocenters. The lowest BCUT2D eigenvalue weighted by molar-refractivity contribution is -0.119. The van der Waals surface area contributed by atoms with Crippen molar-refractivity contribution in [3.05, 3.63) is 63.6 Å². The summed E-state index contributed by atoms with van der Waals surface area (Å²) in [6.45, 7) is 1.30. The van der Waals surface area contributed by atoms with Crippen molar-refractivity contribution >= 4 is 51.0 Å². The number of sulfonamides is 1. The first kappa shape index (κ1) is 20.2. The normalized spacial score (nSPS) is 11.5. The summed E-state index contributed by atoms with van der Waals surface area (Å²) >= 11 is 11.9. The highest BCUT2D eigenvalue weighted by molar-refractivity contribution is 7.92. The zero-order valence-corrected chi connectivity index (χ0v) is 16.4. The van der Waals surface area contributed by atoms with E-state index in [1.54, 1.807) is 43.3 Å². The highest BCUT2D eigenvalue weighted by Gasteiger charge is 2.22. The van der Waals surface area contributed by atoms with Crippen LogP contribution in [0.2, 0.25) is 10.0 Å². The predicted octanol–water partition coefficient (Wildman–Crippen LogP) is 3.22. The summed E-state index contributed by atoms with van der Waals surface area (Å²) in [5.41, 5.74) is 3.93. The third-order valence-electron chi connectivity index (χ3n) is 3.43. The fourth-order valence-electron chi connectivity index (χ4n) is 2.15. The summed E-state index contributed by atoms with van der Waals surface area (Å²) < 4.78 is 25.2. The maximum absolute atomic E-state index is 12.1.